The summed E-state index contributed by atoms with van der Waals surface area (Å²) < 4.78 is 0. The first kappa shape index (κ1) is 13.2. The second-order valence-corrected chi connectivity index (χ2v) is 6.02. The fraction of sp³-hybridized carbons (Fsp3) is 0.333. The number of anilines is 1. The first-order chi connectivity index (χ1) is 9.72. The molecule has 0 atom stereocenters. The van der Waals surface area contributed by atoms with Crippen LogP contribution in [0.25, 0.3) is 0 Å². The van der Waals surface area contributed by atoms with Crippen molar-refractivity contribution in [1.29, 1.82) is 0 Å². The molecule has 2 N–H and O–H groups in total. The van der Waals surface area contributed by atoms with E-state index in [1.165, 1.54) is 10.5 Å². The van der Waals surface area contributed by atoms with Crippen LogP contribution in [-0.4, -0.2) is 16.5 Å². The van der Waals surface area contributed by atoms with E-state index >= 15 is 0 Å². The number of H-pyrrole nitrogens is 1. The van der Waals surface area contributed by atoms with E-state index in [9.17, 15) is 4.79 Å². The van der Waals surface area contributed by atoms with Gasteiger partial charge in [0.05, 0.1) is 11.3 Å². The number of nitrogens with one attached hydrogen (secondary N) is 2. The summed E-state index contributed by atoms with van der Waals surface area (Å²) in [6.07, 6.45) is 1.81. The van der Waals surface area contributed by atoms with Gasteiger partial charge in [0.15, 0.2) is 0 Å². The molecule has 1 aromatic carbocycles. The van der Waals surface area contributed by atoms with Crippen LogP contribution in [0.5, 0.6) is 0 Å². The maximum atomic E-state index is 12.0. The number of hydrogen-bond donors (Lipinski definition) is 2. The highest BCUT2D eigenvalue weighted by Gasteiger charge is 2.14. The average Bonchev–Trinajstić information content (AvgIpc) is 2.45. The van der Waals surface area contributed by atoms with Gasteiger partial charge in [0.25, 0.3) is 5.56 Å². The van der Waals surface area contributed by atoms with E-state index < -0.39 is 0 Å². The van der Waals surface area contributed by atoms with Crippen molar-refractivity contribution in [2.45, 2.75) is 30.4 Å². The Morgan fingerprint density at radius 3 is 3.15 bits per heavy atom. The summed E-state index contributed by atoms with van der Waals surface area (Å²) in [7, 11) is 0. The van der Waals surface area contributed by atoms with Gasteiger partial charge in [-0.3, -0.25) is 4.79 Å². The number of aryl methyl sites for hydroxylation is 1. The molecule has 0 unspecified atom stereocenters. The summed E-state index contributed by atoms with van der Waals surface area (Å²) in [5, 5.41) is 3.21. The van der Waals surface area contributed by atoms with Crippen LogP contribution in [-0.2, 0) is 12.2 Å². The molecule has 2 heterocycles. The molecule has 0 fully saturated rings. The Bertz CT molecular complexity index is 681. The van der Waals surface area contributed by atoms with Gasteiger partial charge in [-0.05, 0) is 31.9 Å². The van der Waals surface area contributed by atoms with E-state index in [-0.39, 0.29) is 5.56 Å². The minimum Gasteiger partial charge on any atom is -0.370 e. The Hall–Kier alpha value is -1.75. The fourth-order valence-electron chi connectivity index (χ4n) is 2.32. The zero-order chi connectivity index (χ0) is 13.9. The van der Waals surface area contributed by atoms with Crippen LogP contribution in [0.2, 0.25) is 0 Å². The number of hydrogen-bond acceptors (Lipinski definition) is 4. The molecule has 104 valence electrons. The second-order valence-electron chi connectivity index (χ2n) is 4.98. The third-order valence-electron chi connectivity index (χ3n) is 3.33. The molecule has 0 amide bonds. The molecule has 0 saturated carbocycles. The van der Waals surface area contributed by atoms with Gasteiger partial charge in [-0.15, -0.1) is 11.8 Å². The highest BCUT2D eigenvalue weighted by molar-refractivity contribution is 7.98. The molecule has 2 aromatic rings. The molecule has 4 nitrogen and oxygen atoms in total. The largest absolute Gasteiger partial charge is 0.370 e. The first-order valence-corrected chi connectivity index (χ1v) is 7.76. The summed E-state index contributed by atoms with van der Waals surface area (Å²) in [5.74, 6) is 2.17. The molecule has 0 spiro atoms. The van der Waals surface area contributed by atoms with Crippen LogP contribution in [0.4, 0.5) is 5.82 Å². The monoisotopic (exact) mass is 287 g/mol. The van der Waals surface area contributed by atoms with Crippen molar-refractivity contribution in [2.24, 2.45) is 0 Å². The van der Waals surface area contributed by atoms with Crippen LogP contribution in [0.3, 0.4) is 0 Å². The normalized spacial score (nSPS) is 13.7. The van der Waals surface area contributed by atoms with Gasteiger partial charge in [0, 0.05) is 11.4 Å². The van der Waals surface area contributed by atoms with Gasteiger partial charge in [-0.1, -0.05) is 17.7 Å². The summed E-state index contributed by atoms with van der Waals surface area (Å²) in [4.78, 5) is 20.6. The highest BCUT2D eigenvalue weighted by atomic mass is 32.2. The third kappa shape index (κ3) is 2.88. The van der Waals surface area contributed by atoms with Crippen molar-refractivity contribution >= 4 is 17.6 Å². The number of rotatable bonds is 3. The number of aromatic nitrogens is 2. The van der Waals surface area contributed by atoms with Crippen LogP contribution in [0, 0.1) is 6.92 Å². The van der Waals surface area contributed by atoms with E-state index in [0.29, 0.717) is 5.75 Å². The highest BCUT2D eigenvalue weighted by Crippen LogP contribution is 2.23. The van der Waals surface area contributed by atoms with Crippen molar-refractivity contribution in [2.75, 3.05) is 11.9 Å². The topological polar surface area (TPSA) is 57.8 Å². The molecule has 5 heteroatoms. The van der Waals surface area contributed by atoms with E-state index in [0.717, 1.165) is 36.6 Å². The summed E-state index contributed by atoms with van der Waals surface area (Å²) in [5.41, 5.74) is 2.03. The Kier molecular flexibility index (Phi) is 3.78. The molecular weight excluding hydrogens is 270 g/mol. The van der Waals surface area contributed by atoms with Crippen LogP contribution in [0.15, 0.2) is 34.0 Å². The molecule has 0 bridgehead atoms. The standard InChI is InChI=1S/C15H17N3OS/c1-10-4-2-5-11(8-10)20-9-13-17-14-12(15(19)18-13)6-3-7-16-14/h2,4-5,8H,3,6-7,9H2,1H3,(H2,16,17,18,19). The Morgan fingerprint density at radius 1 is 1.40 bits per heavy atom. The van der Waals surface area contributed by atoms with Crippen molar-refractivity contribution in [1.82, 2.24) is 9.97 Å². The van der Waals surface area contributed by atoms with Gasteiger partial charge in [0.1, 0.15) is 11.6 Å². The number of aromatic amines is 1. The Morgan fingerprint density at radius 2 is 2.30 bits per heavy atom. The average molecular weight is 287 g/mol. The molecule has 3 rings (SSSR count). The predicted molar refractivity (Wildman–Crippen MR) is 82.4 cm³/mol. The maximum absolute atomic E-state index is 12.0. The summed E-state index contributed by atoms with van der Waals surface area (Å²) >= 11 is 1.69. The van der Waals surface area contributed by atoms with Crippen molar-refractivity contribution < 1.29 is 0 Å². The molecule has 0 radical (unpaired) electrons. The number of thioether (sulfide) groups is 1. The Labute approximate surface area is 122 Å². The SMILES string of the molecule is Cc1cccc(SCc2nc3c(c(=O)[nH]2)CCCN3)c1. The lowest BCUT2D eigenvalue weighted by Gasteiger charge is -2.16. The quantitative estimate of drug-likeness (QED) is 0.852. The lowest BCUT2D eigenvalue weighted by molar-refractivity contribution is 0.789. The molecule has 1 aliphatic heterocycles. The lowest BCUT2D eigenvalue weighted by Crippen LogP contribution is -2.24. The zero-order valence-corrected chi connectivity index (χ0v) is 12.2. The fourth-order valence-corrected chi connectivity index (χ4v) is 3.20. The molecule has 0 saturated heterocycles. The predicted octanol–water partition coefficient (Wildman–Crippen LogP) is 2.73. The summed E-state index contributed by atoms with van der Waals surface area (Å²) in [6, 6.07) is 8.33. The summed E-state index contributed by atoms with van der Waals surface area (Å²) in [6.45, 7) is 2.97. The molecule has 1 aliphatic rings. The van der Waals surface area contributed by atoms with Gasteiger partial charge < -0.3 is 10.3 Å². The van der Waals surface area contributed by atoms with Gasteiger partial charge in [-0.2, -0.15) is 0 Å². The van der Waals surface area contributed by atoms with Gasteiger partial charge in [0.2, 0.25) is 0 Å². The number of benzene rings is 1. The van der Waals surface area contributed by atoms with E-state index in [1.54, 1.807) is 11.8 Å². The third-order valence-corrected chi connectivity index (χ3v) is 4.33. The smallest absolute Gasteiger partial charge is 0.256 e. The minimum atomic E-state index is 0.00189. The van der Waals surface area contributed by atoms with E-state index in [4.69, 9.17) is 0 Å². The zero-order valence-electron chi connectivity index (χ0n) is 11.4. The number of nitrogens with zero attached hydrogens (tertiary/aromatic N) is 1. The van der Waals surface area contributed by atoms with Crippen molar-refractivity contribution in [3.63, 3.8) is 0 Å². The van der Waals surface area contributed by atoms with E-state index in [2.05, 4.69) is 40.4 Å². The first-order valence-electron chi connectivity index (χ1n) is 6.78. The molecular formula is C15H17N3OS. The van der Waals surface area contributed by atoms with Gasteiger partial charge in [-0.25, -0.2) is 4.98 Å². The minimum absolute atomic E-state index is 0.00189. The molecule has 1 aromatic heterocycles. The molecule has 0 aliphatic carbocycles. The molecule has 20 heavy (non-hydrogen) atoms. The second kappa shape index (κ2) is 5.71. The van der Waals surface area contributed by atoms with Crippen LogP contribution in [0.1, 0.15) is 23.4 Å². The van der Waals surface area contributed by atoms with Gasteiger partial charge >= 0.3 is 0 Å². The maximum Gasteiger partial charge on any atom is 0.256 e. The number of fused-ring (bicyclic) bond motifs is 1. The van der Waals surface area contributed by atoms with Crippen LogP contribution < -0.4 is 10.9 Å². The van der Waals surface area contributed by atoms with Crippen molar-refractivity contribution in [3.05, 3.63) is 51.6 Å². The lowest BCUT2D eigenvalue weighted by atomic mass is 10.1. The van der Waals surface area contributed by atoms with Crippen molar-refractivity contribution in [3.8, 4) is 0 Å². The van der Waals surface area contributed by atoms with E-state index in [1.807, 2.05) is 6.07 Å². The Balaban J connectivity index is 1.78. The van der Waals surface area contributed by atoms with Crippen LogP contribution >= 0.6 is 11.8 Å².